The molecule has 0 bridgehead atoms. The van der Waals surface area contributed by atoms with Gasteiger partial charge in [0.15, 0.2) is 0 Å². The van der Waals surface area contributed by atoms with Crippen molar-refractivity contribution in [2.24, 2.45) is 0 Å². The SMILES string of the molecule is CCCCCCCC(=O)OC(CN1CCOCC1)CS(=O)(=O)O. The van der Waals surface area contributed by atoms with E-state index in [1.807, 2.05) is 4.90 Å². The highest BCUT2D eigenvalue weighted by atomic mass is 32.2. The number of ether oxygens (including phenoxy) is 2. The molecule has 1 aliphatic rings. The Kier molecular flexibility index (Phi) is 9.69. The van der Waals surface area contributed by atoms with Gasteiger partial charge in [-0.15, -0.1) is 0 Å². The Morgan fingerprint density at radius 2 is 1.87 bits per heavy atom. The standard InChI is InChI=1S/C15H29NO6S/c1-2-3-4-5-6-7-15(17)22-14(13-23(18,19)20)12-16-8-10-21-11-9-16/h14H,2-13H2,1H3,(H,18,19,20). The van der Waals surface area contributed by atoms with Crippen LogP contribution in [0, 0.1) is 0 Å². The van der Waals surface area contributed by atoms with Crippen molar-refractivity contribution in [2.75, 3.05) is 38.6 Å². The van der Waals surface area contributed by atoms with Crippen LogP contribution in [0.2, 0.25) is 0 Å². The summed E-state index contributed by atoms with van der Waals surface area (Å²) < 4.78 is 41.8. The minimum atomic E-state index is -4.19. The van der Waals surface area contributed by atoms with Crippen LogP contribution < -0.4 is 0 Å². The van der Waals surface area contributed by atoms with Crippen molar-refractivity contribution in [1.29, 1.82) is 0 Å². The molecule has 8 heteroatoms. The molecule has 0 spiro atoms. The van der Waals surface area contributed by atoms with Crippen LogP contribution in [0.3, 0.4) is 0 Å². The highest BCUT2D eigenvalue weighted by molar-refractivity contribution is 7.85. The number of nitrogens with zero attached hydrogens (tertiary/aromatic N) is 1. The molecule has 0 aromatic rings. The van der Waals surface area contributed by atoms with Crippen LogP contribution in [0.1, 0.15) is 45.4 Å². The smallest absolute Gasteiger partial charge is 0.306 e. The first-order chi connectivity index (χ1) is 10.9. The maximum absolute atomic E-state index is 11.9. The van der Waals surface area contributed by atoms with Crippen LogP contribution in [0.15, 0.2) is 0 Å². The molecule has 0 radical (unpaired) electrons. The van der Waals surface area contributed by atoms with E-state index in [2.05, 4.69) is 6.92 Å². The Morgan fingerprint density at radius 1 is 1.22 bits per heavy atom. The topological polar surface area (TPSA) is 93.1 Å². The molecule has 1 unspecified atom stereocenters. The Morgan fingerprint density at radius 3 is 2.48 bits per heavy atom. The van der Waals surface area contributed by atoms with Crippen LogP contribution >= 0.6 is 0 Å². The zero-order valence-electron chi connectivity index (χ0n) is 13.9. The van der Waals surface area contributed by atoms with Crippen molar-refractivity contribution in [1.82, 2.24) is 4.90 Å². The summed E-state index contributed by atoms with van der Waals surface area (Å²) in [5, 5.41) is 0. The largest absolute Gasteiger partial charge is 0.460 e. The van der Waals surface area contributed by atoms with E-state index in [0.717, 1.165) is 32.1 Å². The van der Waals surface area contributed by atoms with E-state index in [1.54, 1.807) is 0 Å². The number of unbranched alkanes of at least 4 members (excludes halogenated alkanes) is 4. The summed E-state index contributed by atoms with van der Waals surface area (Å²) >= 11 is 0. The molecule has 1 aliphatic heterocycles. The van der Waals surface area contributed by atoms with E-state index in [9.17, 15) is 13.2 Å². The van der Waals surface area contributed by atoms with Crippen LogP contribution in [-0.2, 0) is 24.4 Å². The molecule has 0 aromatic heterocycles. The maximum Gasteiger partial charge on any atom is 0.306 e. The normalized spacial score (nSPS) is 17.8. The summed E-state index contributed by atoms with van der Waals surface area (Å²) in [6.07, 6.45) is 4.54. The van der Waals surface area contributed by atoms with Crippen LogP contribution in [0.4, 0.5) is 0 Å². The van der Waals surface area contributed by atoms with Gasteiger partial charge in [-0.1, -0.05) is 32.6 Å². The van der Waals surface area contributed by atoms with E-state index in [0.29, 0.717) is 32.8 Å². The minimum Gasteiger partial charge on any atom is -0.460 e. The molecule has 23 heavy (non-hydrogen) atoms. The van der Waals surface area contributed by atoms with Crippen molar-refractivity contribution >= 4 is 16.1 Å². The van der Waals surface area contributed by atoms with Gasteiger partial charge in [0.1, 0.15) is 11.9 Å². The second-order valence-electron chi connectivity index (χ2n) is 5.94. The summed E-state index contributed by atoms with van der Waals surface area (Å²) in [4.78, 5) is 13.9. The molecule has 0 aliphatic carbocycles. The maximum atomic E-state index is 11.9. The third-order valence-electron chi connectivity index (χ3n) is 3.74. The van der Waals surface area contributed by atoms with E-state index >= 15 is 0 Å². The molecule has 1 fully saturated rings. The van der Waals surface area contributed by atoms with Crippen molar-refractivity contribution < 1.29 is 27.2 Å². The molecular formula is C15H29NO6S. The van der Waals surface area contributed by atoms with Crippen molar-refractivity contribution in [2.45, 2.75) is 51.6 Å². The van der Waals surface area contributed by atoms with Gasteiger partial charge in [0, 0.05) is 26.1 Å². The Balaban J connectivity index is 2.39. The second kappa shape index (κ2) is 11.0. The molecule has 7 nitrogen and oxygen atoms in total. The predicted octanol–water partition coefficient (Wildman–Crippen LogP) is 1.48. The number of rotatable bonds is 11. The second-order valence-corrected chi connectivity index (χ2v) is 7.43. The average Bonchev–Trinajstić information content (AvgIpc) is 2.46. The van der Waals surface area contributed by atoms with Gasteiger partial charge in [-0.3, -0.25) is 14.2 Å². The molecule has 136 valence electrons. The average molecular weight is 351 g/mol. The van der Waals surface area contributed by atoms with Gasteiger partial charge in [-0.2, -0.15) is 8.42 Å². The summed E-state index contributed by atoms with van der Waals surface area (Å²) in [5.41, 5.74) is 0. The van der Waals surface area contributed by atoms with E-state index in [1.165, 1.54) is 0 Å². The van der Waals surface area contributed by atoms with Gasteiger partial charge in [0.2, 0.25) is 0 Å². The molecule has 1 atom stereocenters. The zero-order chi connectivity index (χ0) is 17.1. The van der Waals surface area contributed by atoms with Gasteiger partial charge in [-0.05, 0) is 6.42 Å². The lowest BCUT2D eigenvalue weighted by molar-refractivity contribution is -0.149. The number of hydrogen-bond donors (Lipinski definition) is 1. The number of carbonyl (C=O) groups is 1. The predicted molar refractivity (Wildman–Crippen MR) is 86.9 cm³/mol. The number of morpholine rings is 1. The third kappa shape index (κ3) is 10.6. The number of carbonyl (C=O) groups excluding carboxylic acids is 1. The van der Waals surface area contributed by atoms with Crippen LogP contribution in [0.5, 0.6) is 0 Å². The molecule has 0 aromatic carbocycles. The van der Waals surface area contributed by atoms with Gasteiger partial charge in [-0.25, -0.2) is 0 Å². The van der Waals surface area contributed by atoms with Gasteiger partial charge >= 0.3 is 5.97 Å². The Bertz CT molecular complexity index is 433. The van der Waals surface area contributed by atoms with E-state index in [4.69, 9.17) is 14.0 Å². The van der Waals surface area contributed by atoms with Gasteiger partial charge in [0.25, 0.3) is 10.1 Å². The summed E-state index contributed by atoms with van der Waals surface area (Å²) in [6, 6.07) is 0. The molecule has 1 rings (SSSR count). The van der Waals surface area contributed by atoms with Crippen molar-refractivity contribution in [3.63, 3.8) is 0 Å². The van der Waals surface area contributed by atoms with Crippen molar-refractivity contribution in [3.05, 3.63) is 0 Å². The van der Waals surface area contributed by atoms with Gasteiger partial charge < -0.3 is 9.47 Å². The number of esters is 1. The zero-order valence-corrected chi connectivity index (χ0v) is 14.7. The summed E-state index contributed by atoms with van der Waals surface area (Å²) in [5.74, 6) is -0.963. The molecule has 1 saturated heterocycles. The highest BCUT2D eigenvalue weighted by Gasteiger charge is 2.24. The molecule has 1 N–H and O–H groups in total. The summed E-state index contributed by atoms with van der Waals surface area (Å²) in [6.45, 7) is 4.89. The van der Waals surface area contributed by atoms with Crippen LogP contribution in [0.25, 0.3) is 0 Å². The third-order valence-corrected chi connectivity index (χ3v) is 4.54. The Hall–Kier alpha value is -0.700. The lowest BCUT2D eigenvalue weighted by Gasteiger charge is -2.29. The lowest BCUT2D eigenvalue weighted by Crippen LogP contribution is -2.44. The van der Waals surface area contributed by atoms with E-state index in [-0.39, 0.29) is 6.42 Å². The molecule has 0 amide bonds. The monoisotopic (exact) mass is 351 g/mol. The fourth-order valence-electron chi connectivity index (χ4n) is 2.55. The first kappa shape index (κ1) is 20.3. The first-order valence-electron chi connectivity index (χ1n) is 8.35. The fourth-order valence-corrected chi connectivity index (χ4v) is 3.19. The lowest BCUT2D eigenvalue weighted by atomic mass is 10.1. The summed E-state index contributed by atoms with van der Waals surface area (Å²) in [7, 11) is -4.19. The minimum absolute atomic E-state index is 0.287. The molecular weight excluding hydrogens is 322 g/mol. The van der Waals surface area contributed by atoms with E-state index < -0.39 is 27.9 Å². The first-order valence-corrected chi connectivity index (χ1v) is 9.96. The van der Waals surface area contributed by atoms with Crippen LogP contribution in [-0.4, -0.2) is 68.5 Å². The Labute approximate surface area is 139 Å². The van der Waals surface area contributed by atoms with Crippen molar-refractivity contribution in [3.8, 4) is 0 Å². The molecule has 0 saturated carbocycles. The number of hydrogen-bond acceptors (Lipinski definition) is 6. The fraction of sp³-hybridized carbons (Fsp3) is 0.933. The van der Waals surface area contributed by atoms with Gasteiger partial charge in [0.05, 0.1) is 13.2 Å². The molecule has 1 heterocycles. The highest BCUT2D eigenvalue weighted by Crippen LogP contribution is 2.09. The quantitative estimate of drug-likeness (QED) is 0.342.